The fourth-order valence-electron chi connectivity index (χ4n) is 1.98. The first-order valence-electron chi connectivity index (χ1n) is 6.22. The minimum absolute atomic E-state index is 0.0914. The molecule has 0 aromatic heterocycles. The van der Waals surface area contributed by atoms with Crippen molar-refractivity contribution in [2.75, 3.05) is 6.61 Å². The molecule has 1 aromatic rings. The van der Waals surface area contributed by atoms with Crippen LogP contribution in [0.5, 0.6) is 5.75 Å². The summed E-state index contributed by atoms with van der Waals surface area (Å²) in [4.78, 5) is 11.8. The zero-order valence-corrected chi connectivity index (χ0v) is 13.2. The summed E-state index contributed by atoms with van der Waals surface area (Å²) < 4.78 is 49.0. The molecule has 0 spiro atoms. The van der Waals surface area contributed by atoms with Crippen molar-refractivity contribution in [2.45, 2.75) is 25.6 Å². The van der Waals surface area contributed by atoms with Gasteiger partial charge in [0.1, 0.15) is 11.9 Å². The number of halogens is 4. The zero-order chi connectivity index (χ0) is 15.6. The molecule has 0 N–H and O–H groups in total. The standard InChI is InChI=1S/C14H12F3IO3/c1-2-20-13(19)10-6-8-5-9(18)3-4-11(8)21-12(10)7-14(15,16)17/h3-6,12H,2,7H2,1H3. The summed E-state index contributed by atoms with van der Waals surface area (Å²) in [7, 11) is 0. The lowest BCUT2D eigenvalue weighted by Gasteiger charge is -2.27. The largest absolute Gasteiger partial charge is 0.484 e. The summed E-state index contributed by atoms with van der Waals surface area (Å²) >= 11 is 2.07. The zero-order valence-electron chi connectivity index (χ0n) is 11.0. The third kappa shape index (κ3) is 4.12. The van der Waals surface area contributed by atoms with E-state index in [-0.39, 0.29) is 12.2 Å². The van der Waals surface area contributed by atoms with Gasteiger partial charge < -0.3 is 9.47 Å². The van der Waals surface area contributed by atoms with Crippen molar-refractivity contribution in [1.29, 1.82) is 0 Å². The Labute approximate surface area is 133 Å². The van der Waals surface area contributed by atoms with Gasteiger partial charge in [0.25, 0.3) is 0 Å². The Morgan fingerprint density at radius 3 is 2.76 bits per heavy atom. The number of hydrogen-bond donors (Lipinski definition) is 0. The van der Waals surface area contributed by atoms with E-state index in [1.807, 2.05) is 0 Å². The number of rotatable bonds is 3. The number of ether oxygens (including phenoxy) is 2. The fourth-order valence-corrected chi connectivity index (χ4v) is 2.50. The van der Waals surface area contributed by atoms with Crippen LogP contribution < -0.4 is 4.74 Å². The highest BCUT2D eigenvalue weighted by Crippen LogP contribution is 2.35. The maximum Gasteiger partial charge on any atom is 0.392 e. The predicted octanol–water partition coefficient (Wildman–Crippen LogP) is 3.95. The van der Waals surface area contributed by atoms with E-state index >= 15 is 0 Å². The molecule has 1 unspecified atom stereocenters. The van der Waals surface area contributed by atoms with Crippen LogP contribution in [0.1, 0.15) is 18.9 Å². The Kier molecular flexibility index (Phi) is 4.80. The van der Waals surface area contributed by atoms with Gasteiger partial charge in [0.15, 0.2) is 0 Å². The van der Waals surface area contributed by atoms with Gasteiger partial charge in [-0.05, 0) is 53.8 Å². The predicted molar refractivity (Wildman–Crippen MR) is 78.9 cm³/mol. The number of carbonyl (C=O) groups is 1. The van der Waals surface area contributed by atoms with Gasteiger partial charge in [0, 0.05) is 9.13 Å². The Morgan fingerprint density at radius 1 is 1.43 bits per heavy atom. The number of fused-ring (bicyclic) bond motifs is 1. The minimum atomic E-state index is -4.43. The van der Waals surface area contributed by atoms with Crippen molar-refractivity contribution >= 4 is 34.6 Å². The van der Waals surface area contributed by atoms with E-state index in [4.69, 9.17) is 9.47 Å². The van der Waals surface area contributed by atoms with Crippen molar-refractivity contribution in [3.8, 4) is 5.75 Å². The van der Waals surface area contributed by atoms with Crippen LogP contribution in [-0.4, -0.2) is 24.9 Å². The molecule has 1 aromatic carbocycles. The van der Waals surface area contributed by atoms with Gasteiger partial charge in [-0.2, -0.15) is 13.2 Å². The van der Waals surface area contributed by atoms with E-state index < -0.39 is 24.7 Å². The van der Waals surface area contributed by atoms with E-state index in [0.29, 0.717) is 11.3 Å². The summed E-state index contributed by atoms with van der Waals surface area (Å²) in [5.74, 6) is -0.450. The number of carbonyl (C=O) groups excluding carboxylic acids is 1. The summed E-state index contributed by atoms with van der Waals surface area (Å²) in [6, 6.07) is 5.06. The molecule has 1 atom stereocenters. The first kappa shape index (κ1) is 16.1. The van der Waals surface area contributed by atoms with Crippen LogP contribution in [0.15, 0.2) is 23.8 Å². The Bertz CT molecular complexity index is 581. The number of alkyl halides is 3. The molecule has 0 aliphatic carbocycles. The molecular weight excluding hydrogens is 400 g/mol. The molecule has 7 heteroatoms. The van der Waals surface area contributed by atoms with Gasteiger partial charge >= 0.3 is 12.1 Å². The maximum absolute atomic E-state index is 12.6. The van der Waals surface area contributed by atoms with Gasteiger partial charge in [-0.1, -0.05) is 0 Å². The lowest BCUT2D eigenvalue weighted by Crippen LogP contribution is -2.33. The van der Waals surface area contributed by atoms with Gasteiger partial charge in [-0.3, -0.25) is 0 Å². The average molecular weight is 412 g/mol. The summed E-state index contributed by atoms with van der Waals surface area (Å²) in [5.41, 5.74) is 0.465. The number of esters is 1. The minimum Gasteiger partial charge on any atom is -0.484 e. The lowest BCUT2D eigenvalue weighted by atomic mass is 9.99. The van der Waals surface area contributed by atoms with E-state index in [1.165, 1.54) is 6.08 Å². The smallest absolute Gasteiger partial charge is 0.392 e. The molecule has 0 bridgehead atoms. The van der Waals surface area contributed by atoms with Crippen molar-refractivity contribution in [2.24, 2.45) is 0 Å². The molecule has 1 heterocycles. The fraction of sp³-hybridized carbons (Fsp3) is 0.357. The topological polar surface area (TPSA) is 35.5 Å². The Hall–Kier alpha value is -1.25. The number of hydrogen-bond acceptors (Lipinski definition) is 3. The van der Waals surface area contributed by atoms with E-state index in [2.05, 4.69) is 22.6 Å². The first-order valence-corrected chi connectivity index (χ1v) is 7.29. The second kappa shape index (κ2) is 6.25. The molecule has 3 nitrogen and oxygen atoms in total. The van der Waals surface area contributed by atoms with E-state index in [9.17, 15) is 18.0 Å². The quantitative estimate of drug-likeness (QED) is 0.557. The van der Waals surface area contributed by atoms with E-state index in [0.717, 1.165) is 3.57 Å². The molecule has 114 valence electrons. The molecule has 1 aliphatic heterocycles. The van der Waals surface area contributed by atoms with Gasteiger partial charge in [0.05, 0.1) is 18.6 Å². The SMILES string of the molecule is CCOC(=O)C1=Cc2cc(I)ccc2OC1CC(F)(F)F. The highest BCUT2D eigenvalue weighted by Gasteiger charge is 2.39. The van der Waals surface area contributed by atoms with Crippen LogP contribution in [0.25, 0.3) is 6.08 Å². The van der Waals surface area contributed by atoms with Crippen LogP contribution >= 0.6 is 22.6 Å². The van der Waals surface area contributed by atoms with Gasteiger partial charge in [-0.25, -0.2) is 4.79 Å². The normalized spacial score (nSPS) is 17.6. The summed E-state index contributed by atoms with van der Waals surface area (Å²) in [6.07, 6.45) is -5.63. The molecule has 0 fully saturated rings. The highest BCUT2D eigenvalue weighted by molar-refractivity contribution is 14.1. The third-order valence-electron chi connectivity index (χ3n) is 2.83. The second-order valence-corrected chi connectivity index (χ2v) is 5.67. The van der Waals surface area contributed by atoms with Crippen molar-refractivity contribution in [3.63, 3.8) is 0 Å². The van der Waals surface area contributed by atoms with Crippen molar-refractivity contribution in [3.05, 3.63) is 32.9 Å². The monoisotopic (exact) mass is 412 g/mol. The summed E-state index contributed by atoms with van der Waals surface area (Å²) in [5, 5.41) is 0. The molecule has 1 aliphatic rings. The van der Waals surface area contributed by atoms with Crippen LogP contribution in [0, 0.1) is 3.57 Å². The Morgan fingerprint density at radius 2 is 2.14 bits per heavy atom. The molecular formula is C14H12F3IO3. The maximum atomic E-state index is 12.6. The molecule has 21 heavy (non-hydrogen) atoms. The second-order valence-electron chi connectivity index (χ2n) is 4.43. The molecule has 0 amide bonds. The molecule has 2 rings (SSSR count). The highest BCUT2D eigenvalue weighted by atomic mass is 127. The molecule has 0 saturated heterocycles. The van der Waals surface area contributed by atoms with Crippen LogP contribution in [0.2, 0.25) is 0 Å². The lowest BCUT2D eigenvalue weighted by molar-refractivity contribution is -0.151. The average Bonchev–Trinajstić information content (AvgIpc) is 2.36. The third-order valence-corrected chi connectivity index (χ3v) is 3.50. The van der Waals surface area contributed by atoms with Gasteiger partial charge in [-0.15, -0.1) is 0 Å². The van der Waals surface area contributed by atoms with E-state index in [1.54, 1.807) is 25.1 Å². The first-order chi connectivity index (χ1) is 9.80. The van der Waals surface area contributed by atoms with Crippen molar-refractivity contribution in [1.82, 2.24) is 0 Å². The Balaban J connectivity index is 2.38. The van der Waals surface area contributed by atoms with Crippen LogP contribution in [0.3, 0.4) is 0 Å². The van der Waals surface area contributed by atoms with Crippen LogP contribution in [-0.2, 0) is 9.53 Å². The summed E-state index contributed by atoms with van der Waals surface area (Å²) in [6.45, 7) is 1.69. The molecule has 0 radical (unpaired) electrons. The van der Waals surface area contributed by atoms with Crippen molar-refractivity contribution < 1.29 is 27.4 Å². The molecule has 0 saturated carbocycles. The van der Waals surface area contributed by atoms with Crippen LogP contribution in [0.4, 0.5) is 13.2 Å². The van der Waals surface area contributed by atoms with Gasteiger partial charge in [0.2, 0.25) is 0 Å². The number of benzene rings is 1.